The first kappa shape index (κ1) is 16.9. The number of aromatic nitrogens is 3. The van der Waals surface area contributed by atoms with Crippen molar-refractivity contribution in [2.24, 2.45) is 0 Å². The Morgan fingerprint density at radius 1 is 0.960 bits per heavy atom. The molecule has 0 radical (unpaired) electrons. The number of halogens is 6. The molecule has 0 fully saturated rings. The molecule has 0 saturated carbocycles. The maximum Gasteiger partial charge on any atom is 0.417 e. The van der Waals surface area contributed by atoms with Gasteiger partial charge in [0.1, 0.15) is 5.65 Å². The smallest absolute Gasteiger partial charge is 0.306 e. The lowest BCUT2D eigenvalue weighted by atomic mass is 9.98. The Labute approximate surface area is 135 Å². The molecular weight excluding hydrogens is 352 g/mol. The first-order valence-electron chi connectivity index (χ1n) is 6.70. The molecule has 3 aromatic heterocycles. The van der Waals surface area contributed by atoms with Gasteiger partial charge in [0.25, 0.3) is 5.56 Å². The van der Waals surface area contributed by atoms with E-state index >= 15 is 0 Å². The first-order valence-corrected chi connectivity index (χ1v) is 6.70. The summed E-state index contributed by atoms with van der Waals surface area (Å²) >= 11 is 0. The topological polar surface area (TPSA) is 58.6 Å². The van der Waals surface area contributed by atoms with Gasteiger partial charge < -0.3 is 4.98 Å². The predicted molar refractivity (Wildman–Crippen MR) is 75.6 cm³/mol. The number of rotatable bonds is 1. The quantitative estimate of drug-likeness (QED) is 0.668. The second kappa shape index (κ2) is 5.57. The second-order valence-electron chi connectivity index (χ2n) is 5.06. The van der Waals surface area contributed by atoms with Crippen LogP contribution in [0.4, 0.5) is 26.3 Å². The van der Waals surface area contributed by atoms with Crippen LogP contribution >= 0.6 is 0 Å². The third-order valence-electron chi connectivity index (χ3n) is 3.45. The Kier molecular flexibility index (Phi) is 3.77. The normalized spacial score (nSPS) is 12.6. The van der Waals surface area contributed by atoms with Gasteiger partial charge in [0, 0.05) is 24.0 Å². The zero-order valence-electron chi connectivity index (χ0n) is 12.0. The van der Waals surface area contributed by atoms with E-state index in [0.717, 1.165) is 12.1 Å². The monoisotopic (exact) mass is 359 g/mol. The standard InChI is InChI=1S/C15H7F6N3O/c16-14(17,18)8-5-9-11(15(19,20)21)10(7-1-3-22-4-2-7)13(25)24-12(9)23-6-8/h1-6H,(H,23,24,25). The van der Waals surface area contributed by atoms with Crippen LogP contribution in [0.15, 0.2) is 41.6 Å². The molecule has 25 heavy (non-hydrogen) atoms. The van der Waals surface area contributed by atoms with E-state index in [9.17, 15) is 31.1 Å². The van der Waals surface area contributed by atoms with E-state index in [4.69, 9.17) is 0 Å². The Bertz CT molecular complexity index is 992. The minimum absolute atomic E-state index is 0.122. The fraction of sp³-hybridized carbons (Fsp3) is 0.133. The molecular formula is C15H7F6N3O. The van der Waals surface area contributed by atoms with E-state index in [1.165, 1.54) is 12.4 Å². The molecule has 0 bridgehead atoms. The van der Waals surface area contributed by atoms with Gasteiger partial charge >= 0.3 is 12.4 Å². The molecule has 0 aromatic carbocycles. The summed E-state index contributed by atoms with van der Waals surface area (Å²) in [6.07, 6.45) is -7.24. The number of pyridine rings is 3. The van der Waals surface area contributed by atoms with E-state index in [1.807, 2.05) is 0 Å². The molecule has 0 unspecified atom stereocenters. The molecule has 3 aromatic rings. The Hall–Kier alpha value is -2.91. The van der Waals surface area contributed by atoms with Gasteiger partial charge in [0.05, 0.1) is 16.7 Å². The number of alkyl halides is 6. The second-order valence-corrected chi connectivity index (χ2v) is 5.06. The van der Waals surface area contributed by atoms with Crippen LogP contribution in [0.5, 0.6) is 0 Å². The van der Waals surface area contributed by atoms with Crippen LogP contribution in [0.1, 0.15) is 11.1 Å². The summed E-state index contributed by atoms with van der Waals surface area (Å²) in [5.41, 5.74) is -5.43. The predicted octanol–water partition coefficient (Wildman–Crippen LogP) is 4.02. The highest BCUT2D eigenvalue weighted by Crippen LogP contribution is 2.40. The maximum absolute atomic E-state index is 13.6. The molecule has 3 rings (SSSR count). The molecule has 0 amide bonds. The van der Waals surface area contributed by atoms with Crippen molar-refractivity contribution in [1.82, 2.24) is 15.0 Å². The minimum Gasteiger partial charge on any atom is -0.306 e. The molecule has 10 heteroatoms. The number of hydrogen-bond donors (Lipinski definition) is 1. The van der Waals surface area contributed by atoms with Gasteiger partial charge in [0.15, 0.2) is 0 Å². The van der Waals surface area contributed by atoms with Crippen molar-refractivity contribution < 1.29 is 26.3 Å². The van der Waals surface area contributed by atoms with Crippen LogP contribution in [-0.4, -0.2) is 15.0 Å². The Morgan fingerprint density at radius 2 is 1.60 bits per heavy atom. The fourth-order valence-electron chi connectivity index (χ4n) is 2.42. The van der Waals surface area contributed by atoms with Gasteiger partial charge in [-0.1, -0.05) is 0 Å². The minimum atomic E-state index is -5.07. The van der Waals surface area contributed by atoms with Gasteiger partial charge in [-0.15, -0.1) is 0 Å². The van der Waals surface area contributed by atoms with Crippen LogP contribution in [0.25, 0.3) is 22.2 Å². The van der Waals surface area contributed by atoms with Gasteiger partial charge in [-0.3, -0.25) is 9.78 Å². The van der Waals surface area contributed by atoms with Gasteiger partial charge in [-0.2, -0.15) is 26.3 Å². The molecule has 0 aliphatic heterocycles. The Morgan fingerprint density at radius 3 is 2.16 bits per heavy atom. The summed E-state index contributed by atoms with van der Waals surface area (Å²) in [4.78, 5) is 21.2. The highest BCUT2D eigenvalue weighted by atomic mass is 19.4. The first-order chi connectivity index (χ1) is 11.6. The molecule has 130 valence electrons. The summed E-state index contributed by atoms with van der Waals surface area (Å²) < 4.78 is 79.3. The largest absolute Gasteiger partial charge is 0.417 e. The van der Waals surface area contributed by atoms with E-state index in [1.54, 1.807) is 0 Å². The Balaban J connectivity index is 2.48. The fourth-order valence-corrected chi connectivity index (χ4v) is 2.42. The molecule has 0 aliphatic carbocycles. The van der Waals surface area contributed by atoms with E-state index in [0.29, 0.717) is 12.3 Å². The molecule has 3 heterocycles. The number of fused-ring (bicyclic) bond motifs is 1. The number of H-pyrrole nitrogens is 1. The van der Waals surface area contributed by atoms with Crippen LogP contribution in [0.3, 0.4) is 0 Å². The summed E-state index contributed by atoms with van der Waals surface area (Å²) in [6.45, 7) is 0. The van der Waals surface area contributed by atoms with E-state index < -0.39 is 45.6 Å². The zero-order chi connectivity index (χ0) is 18.4. The lowest BCUT2D eigenvalue weighted by molar-refractivity contribution is -0.139. The number of aromatic amines is 1. The van der Waals surface area contributed by atoms with Crippen molar-refractivity contribution >= 4 is 11.0 Å². The summed E-state index contributed by atoms with van der Waals surface area (Å²) in [7, 11) is 0. The van der Waals surface area contributed by atoms with E-state index in [-0.39, 0.29) is 5.56 Å². The average molecular weight is 359 g/mol. The van der Waals surface area contributed by atoms with E-state index in [2.05, 4.69) is 15.0 Å². The van der Waals surface area contributed by atoms with Crippen molar-refractivity contribution in [1.29, 1.82) is 0 Å². The van der Waals surface area contributed by atoms with Gasteiger partial charge in [-0.25, -0.2) is 4.98 Å². The number of nitrogens with zero attached hydrogens (tertiary/aromatic N) is 2. The summed E-state index contributed by atoms with van der Waals surface area (Å²) in [5.74, 6) is 0. The van der Waals surface area contributed by atoms with Crippen molar-refractivity contribution in [3.63, 3.8) is 0 Å². The average Bonchev–Trinajstić information content (AvgIpc) is 2.52. The number of nitrogens with one attached hydrogen (secondary N) is 1. The van der Waals surface area contributed by atoms with Crippen LogP contribution in [0, 0.1) is 0 Å². The third kappa shape index (κ3) is 3.06. The van der Waals surface area contributed by atoms with Crippen LogP contribution in [-0.2, 0) is 12.4 Å². The molecule has 0 aliphatic rings. The van der Waals surface area contributed by atoms with Crippen molar-refractivity contribution in [3.8, 4) is 11.1 Å². The van der Waals surface area contributed by atoms with Gasteiger partial charge in [0.2, 0.25) is 0 Å². The van der Waals surface area contributed by atoms with Gasteiger partial charge in [-0.05, 0) is 23.8 Å². The molecule has 1 N–H and O–H groups in total. The highest BCUT2D eigenvalue weighted by Gasteiger charge is 2.39. The van der Waals surface area contributed by atoms with Crippen LogP contribution < -0.4 is 5.56 Å². The van der Waals surface area contributed by atoms with Crippen molar-refractivity contribution in [2.45, 2.75) is 12.4 Å². The van der Waals surface area contributed by atoms with Crippen molar-refractivity contribution in [3.05, 3.63) is 58.3 Å². The molecule has 0 saturated heterocycles. The SMILES string of the molecule is O=c1[nH]c2ncc(C(F)(F)F)cc2c(C(F)(F)F)c1-c1ccncc1. The molecule has 0 spiro atoms. The highest BCUT2D eigenvalue weighted by molar-refractivity contribution is 5.87. The lowest BCUT2D eigenvalue weighted by Gasteiger charge is -2.16. The summed E-state index contributed by atoms with van der Waals surface area (Å²) in [5, 5.41) is -0.839. The zero-order valence-corrected chi connectivity index (χ0v) is 12.0. The molecule has 4 nitrogen and oxygen atoms in total. The maximum atomic E-state index is 13.6. The lowest BCUT2D eigenvalue weighted by Crippen LogP contribution is -2.20. The van der Waals surface area contributed by atoms with Crippen LogP contribution in [0.2, 0.25) is 0 Å². The number of hydrogen-bond acceptors (Lipinski definition) is 3. The van der Waals surface area contributed by atoms with Crippen molar-refractivity contribution in [2.75, 3.05) is 0 Å². The molecule has 0 atom stereocenters. The summed E-state index contributed by atoms with van der Waals surface area (Å²) in [6, 6.07) is 2.64. The third-order valence-corrected chi connectivity index (χ3v) is 3.45.